The zero-order valence-electron chi connectivity index (χ0n) is 13.0. The highest BCUT2D eigenvalue weighted by Gasteiger charge is 2.24. The molecule has 0 aromatic heterocycles. The lowest BCUT2D eigenvalue weighted by Crippen LogP contribution is -2.45. The summed E-state index contributed by atoms with van der Waals surface area (Å²) in [7, 11) is 4.12. The van der Waals surface area contributed by atoms with E-state index in [9.17, 15) is 4.79 Å². The van der Waals surface area contributed by atoms with E-state index >= 15 is 0 Å². The van der Waals surface area contributed by atoms with Crippen LogP contribution in [-0.4, -0.2) is 49.6 Å². The summed E-state index contributed by atoms with van der Waals surface area (Å²) in [6.07, 6.45) is 7.01. The average molecular weight is 269 g/mol. The van der Waals surface area contributed by atoms with Gasteiger partial charge in [0.05, 0.1) is 6.54 Å². The Balaban J connectivity index is 2.26. The minimum Gasteiger partial charge on any atom is -0.353 e. The number of hydrogen-bond donors (Lipinski definition) is 2. The normalized spacial score (nSPS) is 25.3. The third-order valence-electron chi connectivity index (χ3n) is 4.25. The Morgan fingerprint density at radius 3 is 2.47 bits per heavy atom. The van der Waals surface area contributed by atoms with Crippen LogP contribution in [0.5, 0.6) is 0 Å². The molecule has 0 aromatic carbocycles. The van der Waals surface area contributed by atoms with Gasteiger partial charge in [-0.05, 0) is 53.1 Å². The molecule has 1 fully saturated rings. The van der Waals surface area contributed by atoms with Crippen LogP contribution >= 0.6 is 0 Å². The summed E-state index contributed by atoms with van der Waals surface area (Å²) in [6.45, 7) is 4.76. The van der Waals surface area contributed by atoms with Crippen LogP contribution < -0.4 is 10.6 Å². The molecule has 0 radical (unpaired) electrons. The number of nitrogens with one attached hydrogen (secondary N) is 2. The molecule has 0 aromatic rings. The van der Waals surface area contributed by atoms with E-state index in [4.69, 9.17) is 0 Å². The smallest absolute Gasteiger partial charge is 0.234 e. The quantitative estimate of drug-likeness (QED) is 0.740. The summed E-state index contributed by atoms with van der Waals surface area (Å²) in [5.74, 6) is 0.166. The van der Waals surface area contributed by atoms with Crippen molar-refractivity contribution >= 4 is 5.91 Å². The van der Waals surface area contributed by atoms with E-state index in [2.05, 4.69) is 36.4 Å². The molecule has 19 heavy (non-hydrogen) atoms. The van der Waals surface area contributed by atoms with Gasteiger partial charge >= 0.3 is 0 Å². The van der Waals surface area contributed by atoms with Gasteiger partial charge in [0.2, 0.25) is 5.91 Å². The van der Waals surface area contributed by atoms with Gasteiger partial charge in [-0.3, -0.25) is 9.69 Å². The van der Waals surface area contributed by atoms with Gasteiger partial charge in [0.1, 0.15) is 0 Å². The van der Waals surface area contributed by atoms with Crippen LogP contribution in [0, 0.1) is 0 Å². The van der Waals surface area contributed by atoms with E-state index in [1.54, 1.807) is 0 Å². The molecule has 1 aliphatic carbocycles. The zero-order valence-corrected chi connectivity index (χ0v) is 13.0. The van der Waals surface area contributed by atoms with Crippen molar-refractivity contribution in [3.63, 3.8) is 0 Å². The standard InChI is InChI=1S/C15H31N3O/c1-5-6-12(2)17-15(19)11-18(4)14-9-7-13(16-3)8-10-14/h12-14,16H,5-11H2,1-4H3,(H,17,19). The van der Waals surface area contributed by atoms with Gasteiger partial charge in [-0.25, -0.2) is 0 Å². The summed E-state index contributed by atoms with van der Waals surface area (Å²) in [6, 6.07) is 1.53. The number of likely N-dealkylation sites (N-methyl/N-ethyl adjacent to an activating group) is 1. The lowest BCUT2D eigenvalue weighted by molar-refractivity contribution is -0.123. The Bertz CT molecular complexity index is 262. The molecule has 0 spiro atoms. The first-order valence-corrected chi connectivity index (χ1v) is 7.73. The molecule has 0 heterocycles. The van der Waals surface area contributed by atoms with Crippen LogP contribution in [-0.2, 0) is 4.79 Å². The van der Waals surface area contributed by atoms with E-state index in [-0.39, 0.29) is 5.91 Å². The van der Waals surface area contributed by atoms with Crippen molar-refractivity contribution in [3.05, 3.63) is 0 Å². The van der Waals surface area contributed by atoms with Crippen molar-refractivity contribution < 1.29 is 4.79 Å². The molecular formula is C15H31N3O. The molecule has 0 aliphatic heterocycles. The van der Waals surface area contributed by atoms with Gasteiger partial charge in [0, 0.05) is 18.1 Å². The minimum atomic E-state index is 0.166. The number of carbonyl (C=O) groups excluding carboxylic acids is 1. The zero-order chi connectivity index (χ0) is 14.3. The SMILES string of the molecule is CCCC(C)NC(=O)CN(C)C1CCC(NC)CC1. The Kier molecular flexibility index (Phi) is 7.39. The van der Waals surface area contributed by atoms with E-state index in [1.165, 1.54) is 25.7 Å². The number of nitrogens with zero attached hydrogens (tertiary/aromatic N) is 1. The largest absolute Gasteiger partial charge is 0.353 e. The maximum absolute atomic E-state index is 11.9. The van der Waals surface area contributed by atoms with Crippen molar-refractivity contribution in [1.29, 1.82) is 0 Å². The van der Waals surface area contributed by atoms with Gasteiger partial charge < -0.3 is 10.6 Å². The summed E-state index contributed by atoms with van der Waals surface area (Å²) in [5, 5.41) is 6.42. The predicted octanol–water partition coefficient (Wildman–Crippen LogP) is 1.75. The first kappa shape index (κ1) is 16.4. The Hall–Kier alpha value is -0.610. The highest BCUT2D eigenvalue weighted by atomic mass is 16.2. The maximum atomic E-state index is 11.9. The van der Waals surface area contributed by atoms with Crippen molar-refractivity contribution in [2.24, 2.45) is 0 Å². The molecule has 112 valence electrons. The van der Waals surface area contributed by atoms with E-state index in [0.29, 0.717) is 24.7 Å². The van der Waals surface area contributed by atoms with Crippen LogP contribution in [0.4, 0.5) is 0 Å². The average Bonchev–Trinajstić information content (AvgIpc) is 2.38. The first-order chi connectivity index (χ1) is 9.06. The Morgan fingerprint density at radius 1 is 1.32 bits per heavy atom. The fourth-order valence-electron chi connectivity index (χ4n) is 2.99. The highest BCUT2D eigenvalue weighted by Crippen LogP contribution is 2.21. The van der Waals surface area contributed by atoms with Crippen LogP contribution in [0.2, 0.25) is 0 Å². The Morgan fingerprint density at radius 2 is 1.95 bits per heavy atom. The molecule has 4 heteroatoms. The molecule has 1 atom stereocenters. The fraction of sp³-hybridized carbons (Fsp3) is 0.933. The molecule has 4 nitrogen and oxygen atoms in total. The van der Waals surface area contributed by atoms with E-state index in [0.717, 1.165) is 12.8 Å². The predicted molar refractivity (Wildman–Crippen MR) is 80.2 cm³/mol. The van der Waals surface area contributed by atoms with Gasteiger partial charge in [0.15, 0.2) is 0 Å². The number of rotatable bonds is 7. The molecule has 1 amide bonds. The molecule has 1 aliphatic rings. The molecule has 2 N–H and O–H groups in total. The summed E-state index contributed by atoms with van der Waals surface area (Å²) < 4.78 is 0. The first-order valence-electron chi connectivity index (χ1n) is 7.73. The molecule has 0 bridgehead atoms. The molecule has 1 unspecified atom stereocenters. The molecule has 1 saturated carbocycles. The van der Waals surface area contributed by atoms with Gasteiger partial charge in [0.25, 0.3) is 0 Å². The van der Waals surface area contributed by atoms with E-state index in [1.807, 2.05) is 7.05 Å². The van der Waals surface area contributed by atoms with E-state index < -0.39 is 0 Å². The van der Waals surface area contributed by atoms with Crippen molar-refractivity contribution in [2.75, 3.05) is 20.6 Å². The lowest BCUT2D eigenvalue weighted by atomic mass is 9.90. The highest BCUT2D eigenvalue weighted by molar-refractivity contribution is 5.78. The fourth-order valence-corrected chi connectivity index (χ4v) is 2.99. The number of carbonyl (C=O) groups is 1. The van der Waals surface area contributed by atoms with Crippen LogP contribution in [0.3, 0.4) is 0 Å². The van der Waals surface area contributed by atoms with Crippen molar-refractivity contribution in [2.45, 2.75) is 70.5 Å². The minimum absolute atomic E-state index is 0.166. The van der Waals surface area contributed by atoms with Crippen LogP contribution in [0.1, 0.15) is 52.4 Å². The van der Waals surface area contributed by atoms with Gasteiger partial charge in [-0.2, -0.15) is 0 Å². The number of amides is 1. The number of hydrogen-bond acceptors (Lipinski definition) is 3. The second-order valence-corrected chi connectivity index (χ2v) is 5.97. The summed E-state index contributed by atoms with van der Waals surface area (Å²) in [4.78, 5) is 14.2. The topological polar surface area (TPSA) is 44.4 Å². The Labute approximate surface area is 118 Å². The van der Waals surface area contributed by atoms with Crippen molar-refractivity contribution in [3.8, 4) is 0 Å². The summed E-state index contributed by atoms with van der Waals surface area (Å²) >= 11 is 0. The third kappa shape index (κ3) is 5.91. The lowest BCUT2D eigenvalue weighted by Gasteiger charge is -2.34. The second kappa shape index (κ2) is 8.54. The molecule has 1 rings (SSSR count). The second-order valence-electron chi connectivity index (χ2n) is 5.97. The van der Waals surface area contributed by atoms with Gasteiger partial charge in [-0.1, -0.05) is 13.3 Å². The maximum Gasteiger partial charge on any atom is 0.234 e. The van der Waals surface area contributed by atoms with Gasteiger partial charge in [-0.15, -0.1) is 0 Å². The summed E-state index contributed by atoms with van der Waals surface area (Å²) in [5.41, 5.74) is 0. The molecular weight excluding hydrogens is 238 g/mol. The monoisotopic (exact) mass is 269 g/mol. The van der Waals surface area contributed by atoms with Crippen LogP contribution in [0.15, 0.2) is 0 Å². The third-order valence-corrected chi connectivity index (χ3v) is 4.25. The molecule has 0 saturated heterocycles. The van der Waals surface area contributed by atoms with Crippen molar-refractivity contribution in [1.82, 2.24) is 15.5 Å². The van der Waals surface area contributed by atoms with Crippen LogP contribution in [0.25, 0.3) is 0 Å².